The molecule has 0 heterocycles. The predicted molar refractivity (Wildman–Crippen MR) is 68.1 cm³/mol. The van der Waals surface area contributed by atoms with Crippen molar-refractivity contribution < 1.29 is 5.11 Å². The van der Waals surface area contributed by atoms with Crippen LogP contribution in [0.4, 0.5) is 0 Å². The molecule has 2 aromatic carbocycles. The van der Waals surface area contributed by atoms with Gasteiger partial charge in [-0.05, 0) is 49.7 Å². The minimum Gasteiger partial charge on any atom is -0.508 e. The second-order valence-corrected chi connectivity index (χ2v) is 5.01. The molecule has 0 saturated carbocycles. The minimum atomic E-state index is 0.355. The number of hydrogen-bond acceptors (Lipinski definition) is 2. The third kappa shape index (κ3) is 2.58. The second kappa shape index (κ2) is 4.62. The molecule has 0 saturated heterocycles. The highest BCUT2D eigenvalue weighted by atomic mass is 32.2. The van der Waals surface area contributed by atoms with Gasteiger partial charge in [0.05, 0.1) is 0 Å². The largest absolute Gasteiger partial charge is 0.508 e. The molecule has 0 amide bonds. The molecule has 0 aliphatic carbocycles. The van der Waals surface area contributed by atoms with E-state index in [2.05, 4.69) is 31.2 Å². The van der Waals surface area contributed by atoms with Crippen LogP contribution in [0.3, 0.4) is 0 Å². The molecule has 82 valence electrons. The van der Waals surface area contributed by atoms with Crippen molar-refractivity contribution in [1.29, 1.82) is 0 Å². The lowest BCUT2D eigenvalue weighted by molar-refractivity contribution is 0.470. The molecule has 0 atom stereocenters. The Balaban J connectivity index is 2.20. The van der Waals surface area contributed by atoms with Gasteiger partial charge in [0.25, 0.3) is 0 Å². The summed E-state index contributed by atoms with van der Waals surface area (Å²) in [6.45, 7) is 3.99. The fourth-order valence-corrected chi connectivity index (χ4v) is 2.35. The molecule has 2 aromatic rings. The molecular weight excluding hydrogens is 216 g/mol. The van der Waals surface area contributed by atoms with Gasteiger partial charge in [-0.3, -0.25) is 0 Å². The van der Waals surface area contributed by atoms with Crippen LogP contribution in [0, 0.1) is 13.8 Å². The van der Waals surface area contributed by atoms with Gasteiger partial charge >= 0.3 is 0 Å². The molecule has 16 heavy (non-hydrogen) atoms. The fraction of sp³-hybridized carbons (Fsp3) is 0.143. The van der Waals surface area contributed by atoms with Crippen molar-refractivity contribution in [2.75, 3.05) is 0 Å². The number of hydrogen-bond donors (Lipinski definition) is 1. The molecule has 0 aliphatic heterocycles. The molecule has 2 rings (SSSR count). The van der Waals surface area contributed by atoms with Crippen molar-refractivity contribution in [3.8, 4) is 5.75 Å². The third-order valence-corrected chi connectivity index (χ3v) is 3.42. The van der Waals surface area contributed by atoms with Gasteiger partial charge in [-0.25, -0.2) is 0 Å². The average molecular weight is 230 g/mol. The number of benzene rings is 2. The predicted octanol–water partition coefficient (Wildman–Crippen LogP) is 4.16. The van der Waals surface area contributed by atoms with E-state index in [1.165, 1.54) is 10.5 Å². The summed E-state index contributed by atoms with van der Waals surface area (Å²) in [7, 11) is 0. The summed E-state index contributed by atoms with van der Waals surface area (Å²) in [4.78, 5) is 2.37. The Labute approximate surface area is 100 Å². The summed E-state index contributed by atoms with van der Waals surface area (Å²) in [6.07, 6.45) is 0. The third-order valence-electron chi connectivity index (χ3n) is 2.42. The SMILES string of the molecule is Cc1ccc(Sc2ccc(O)c(C)c2)cc1. The van der Waals surface area contributed by atoms with E-state index in [1.54, 1.807) is 17.8 Å². The highest BCUT2D eigenvalue weighted by Crippen LogP contribution is 2.30. The van der Waals surface area contributed by atoms with E-state index >= 15 is 0 Å². The van der Waals surface area contributed by atoms with Crippen LogP contribution >= 0.6 is 11.8 Å². The Morgan fingerprint density at radius 3 is 2.12 bits per heavy atom. The first-order valence-corrected chi connectivity index (χ1v) is 6.01. The van der Waals surface area contributed by atoms with E-state index in [9.17, 15) is 5.11 Å². The summed E-state index contributed by atoms with van der Waals surface area (Å²) in [5.74, 6) is 0.355. The summed E-state index contributed by atoms with van der Waals surface area (Å²) >= 11 is 1.71. The highest BCUT2D eigenvalue weighted by Gasteiger charge is 2.00. The van der Waals surface area contributed by atoms with Crippen molar-refractivity contribution >= 4 is 11.8 Å². The molecule has 0 unspecified atom stereocenters. The van der Waals surface area contributed by atoms with Crippen molar-refractivity contribution in [3.05, 3.63) is 53.6 Å². The Hall–Kier alpha value is -1.41. The maximum Gasteiger partial charge on any atom is 0.118 e. The Bertz CT molecular complexity index is 489. The van der Waals surface area contributed by atoms with E-state index in [4.69, 9.17) is 0 Å². The second-order valence-electron chi connectivity index (χ2n) is 3.86. The zero-order chi connectivity index (χ0) is 11.5. The lowest BCUT2D eigenvalue weighted by Gasteiger charge is -2.04. The number of phenolic OH excluding ortho intramolecular Hbond substituents is 1. The van der Waals surface area contributed by atoms with Gasteiger partial charge in [-0.1, -0.05) is 29.5 Å². The molecule has 2 heteroatoms. The van der Waals surface area contributed by atoms with Gasteiger partial charge < -0.3 is 5.11 Å². The van der Waals surface area contributed by atoms with Gasteiger partial charge in [0, 0.05) is 9.79 Å². The summed E-state index contributed by atoms with van der Waals surface area (Å²) < 4.78 is 0. The van der Waals surface area contributed by atoms with Crippen molar-refractivity contribution in [1.82, 2.24) is 0 Å². The van der Waals surface area contributed by atoms with Gasteiger partial charge in [-0.15, -0.1) is 0 Å². The van der Waals surface area contributed by atoms with E-state index in [-0.39, 0.29) is 0 Å². The molecular formula is C14H14OS. The quantitative estimate of drug-likeness (QED) is 0.836. The molecule has 1 N–H and O–H groups in total. The number of phenols is 1. The van der Waals surface area contributed by atoms with Gasteiger partial charge in [0.15, 0.2) is 0 Å². The van der Waals surface area contributed by atoms with Crippen LogP contribution in [0.15, 0.2) is 52.3 Å². The molecule has 0 fully saturated rings. The normalized spacial score (nSPS) is 10.4. The maximum absolute atomic E-state index is 9.44. The number of aryl methyl sites for hydroxylation is 2. The van der Waals surface area contributed by atoms with Crippen LogP contribution < -0.4 is 0 Å². The summed E-state index contributed by atoms with van der Waals surface area (Å²) in [6, 6.07) is 14.1. The van der Waals surface area contributed by atoms with Gasteiger partial charge in [0.2, 0.25) is 0 Å². The Morgan fingerprint density at radius 1 is 0.875 bits per heavy atom. The smallest absolute Gasteiger partial charge is 0.118 e. The van der Waals surface area contributed by atoms with Crippen molar-refractivity contribution in [3.63, 3.8) is 0 Å². The first-order chi connectivity index (χ1) is 7.65. The lowest BCUT2D eigenvalue weighted by atomic mass is 10.2. The standard InChI is InChI=1S/C14H14OS/c1-10-3-5-12(6-4-10)16-13-7-8-14(15)11(2)9-13/h3-9,15H,1-2H3. The zero-order valence-corrected chi connectivity index (χ0v) is 10.2. The molecule has 0 spiro atoms. The van der Waals surface area contributed by atoms with Crippen LogP contribution in [0.1, 0.15) is 11.1 Å². The monoisotopic (exact) mass is 230 g/mol. The van der Waals surface area contributed by atoms with Crippen LogP contribution in [-0.2, 0) is 0 Å². The van der Waals surface area contributed by atoms with Crippen LogP contribution in [0.25, 0.3) is 0 Å². The van der Waals surface area contributed by atoms with Crippen LogP contribution in [0.2, 0.25) is 0 Å². The van der Waals surface area contributed by atoms with E-state index in [0.717, 1.165) is 10.5 Å². The van der Waals surface area contributed by atoms with Crippen molar-refractivity contribution in [2.24, 2.45) is 0 Å². The molecule has 0 bridgehead atoms. The van der Waals surface area contributed by atoms with Gasteiger partial charge in [0.1, 0.15) is 5.75 Å². The van der Waals surface area contributed by atoms with E-state index in [1.807, 2.05) is 19.1 Å². The summed E-state index contributed by atoms with van der Waals surface area (Å²) in [5, 5.41) is 9.44. The Morgan fingerprint density at radius 2 is 1.50 bits per heavy atom. The lowest BCUT2D eigenvalue weighted by Crippen LogP contribution is -1.78. The molecule has 0 aromatic heterocycles. The fourth-order valence-electron chi connectivity index (χ4n) is 1.43. The first kappa shape index (κ1) is 11.1. The topological polar surface area (TPSA) is 20.2 Å². The van der Waals surface area contributed by atoms with E-state index in [0.29, 0.717) is 5.75 Å². The zero-order valence-electron chi connectivity index (χ0n) is 9.40. The first-order valence-electron chi connectivity index (χ1n) is 5.19. The minimum absolute atomic E-state index is 0.355. The Kier molecular flexibility index (Phi) is 3.20. The maximum atomic E-state index is 9.44. The highest BCUT2D eigenvalue weighted by molar-refractivity contribution is 7.99. The molecule has 0 aliphatic rings. The van der Waals surface area contributed by atoms with Crippen LogP contribution in [-0.4, -0.2) is 5.11 Å². The van der Waals surface area contributed by atoms with E-state index < -0.39 is 0 Å². The van der Waals surface area contributed by atoms with Crippen molar-refractivity contribution in [2.45, 2.75) is 23.6 Å². The van der Waals surface area contributed by atoms with Gasteiger partial charge in [-0.2, -0.15) is 0 Å². The summed E-state index contributed by atoms with van der Waals surface area (Å²) in [5.41, 5.74) is 2.18. The number of rotatable bonds is 2. The molecule has 0 radical (unpaired) electrons. The average Bonchev–Trinajstić information content (AvgIpc) is 2.27. The number of aromatic hydroxyl groups is 1. The van der Waals surface area contributed by atoms with Crippen LogP contribution in [0.5, 0.6) is 5.75 Å². The molecule has 1 nitrogen and oxygen atoms in total.